The van der Waals surface area contributed by atoms with Gasteiger partial charge in [0.05, 0.1) is 18.0 Å². The number of halogens is 1. The summed E-state index contributed by atoms with van der Waals surface area (Å²) in [6.45, 7) is 1.80. The zero-order valence-corrected chi connectivity index (χ0v) is 10.5. The highest BCUT2D eigenvalue weighted by Crippen LogP contribution is 2.21. The molecule has 0 saturated heterocycles. The van der Waals surface area contributed by atoms with E-state index in [1.54, 1.807) is 6.92 Å². The standard InChI is InChI=1S/C11H16FNO3S/c1-2-17(14,15)7-3-6-16-11-8-9(12)4-5-10(11)13/h4-5,8H,2-3,6-7,13H2,1H3. The molecular formula is C11H16FNO3S. The van der Waals surface area contributed by atoms with Gasteiger partial charge in [-0.3, -0.25) is 0 Å². The summed E-state index contributed by atoms with van der Waals surface area (Å²) in [7, 11) is -2.98. The van der Waals surface area contributed by atoms with Crippen molar-refractivity contribution in [2.75, 3.05) is 23.8 Å². The Labute approximate surface area is 101 Å². The number of hydrogen-bond donors (Lipinski definition) is 1. The van der Waals surface area contributed by atoms with E-state index in [1.807, 2.05) is 0 Å². The number of anilines is 1. The van der Waals surface area contributed by atoms with Gasteiger partial charge in [0.15, 0.2) is 0 Å². The van der Waals surface area contributed by atoms with Gasteiger partial charge in [0.25, 0.3) is 0 Å². The summed E-state index contributed by atoms with van der Waals surface area (Å²) >= 11 is 0. The average molecular weight is 261 g/mol. The van der Waals surface area contributed by atoms with Gasteiger partial charge in [-0.05, 0) is 18.6 Å². The minimum Gasteiger partial charge on any atom is -0.491 e. The van der Waals surface area contributed by atoms with Gasteiger partial charge in [0.1, 0.15) is 21.4 Å². The normalized spacial score (nSPS) is 11.4. The fourth-order valence-corrected chi connectivity index (χ4v) is 2.08. The molecule has 6 heteroatoms. The molecule has 0 spiro atoms. The SMILES string of the molecule is CCS(=O)(=O)CCCOc1cc(F)ccc1N. The quantitative estimate of drug-likeness (QED) is 0.624. The molecule has 0 bridgehead atoms. The van der Waals surface area contributed by atoms with Crippen molar-refractivity contribution < 1.29 is 17.5 Å². The molecule has 1 aromatic carbocycles. The summed E-state index contributed by atoms with van der Waals surface area (Å²) in [5.74, 6) is 0.00246. The van der Waals surface area contributed by atoms with Crippen molar-refractivity contribution in [1.29, 1.82) is 0 Å². The Morgan fingerprint density at radius 1 is 1.41 bits per heavy atom. The van der Waals surface area contributed by atoms with Crippen LogP contribution in [0.15, 0.2) is 18.2 Å². The van der Waals surface area contributed by atoms with E-state index >= 15 is 0 Å². The van der Waals surface area contributed by atoms with Crippen LogP contribution < -0.4 is 10.5 Å². The largest absolute Gasteiger partial charge is 0.491 e. The van der Waals surface area contributed by atoms with Crippen LogP contribution in [-0.4, -0.2) is 26.5 Å². The third-order valence-corrected chi connectivity index (χ3v) is 4.06. The molecule has 0 radical (unpaired) electrons. The number of hydrogen-bond acceptors (Lipinski definition) is 4. The Morgan fingerprint density at radius 3 is 2.76 bits per heavy atom. The van der Waals surface area contributed by atoms with Crippen molar-refractivity contribution in [3.63, 3.8) is 0 Å². The van der Waals surface area contributed by atoms with Crippen LogP contribution in [0.4, 0.5) is 10.1 Å². The van der Waals surface area contributed by atoms with E-state index in [-0.39, 0.29) is 23.9 Å². The summed E-state index contributed by atoms with van der Waals surface area (Å²) < 4.78 is 40.5. The van der Waals surface area contributed by atoms with Crippen molar-refractivity contribution in [3.05, 3.63) is 24.0 Å². The second kappa shape index (κ2) is 5.86. The summed E-state index contributed by atoms with van der Waals surface area (Å²) in [4.78, 5) is 0. The number of rotatable bonds is 6. The molecule has 1 aromatic rings. The summed E-state index contributed by atoms with van der Waals surface area (Å²) in [6.07, 6.45) is 0.367. The van der Waals surface area contributed by atoms with Gasteiger partial charge in [-0.25, -0.2) is 12.8 Å². The van der Waals surface area contributed by atoms with Gasteiger partial charge in [-0.2, -0.15) is 0 Å². The molecule has 0 aliphatic rings. The predicted octanol–water partition coefficient (Wildman–Crippen LogP) is 1.61. The number of benzene rings is 1. The van der Waals surface area contributed by atoms with E-state index < -0.39 is 15.7 Å². The van der Waals surface area contributed by atoms with Crippen LogP contribution in [0.5, 0.6) is 5.75 Å². The first kappa shape index (κ1) is 13.8. The second-order valence-electron chi connectivity index (χ2n) is 3.62. The predicted molar refractivity (Wildman–Crippen MR) is 65.3 cm³/mol. The highest BCUT2D eigenvalue weighted by molar-refractivity contribution is 7.91. The van der Waals surface area contributed by atoms with Crippen molar-refractivity contribution in [2.45, 2.75) is 13.3 Å². The lowest BCUT2D eigenvalue weighted by Gasteiger charge is -2.08. The first-order valence-electron chi connectivity index (χ1n) is 5.33. The second-order valence-corrected chi connectivity index (χ2v) is 6.09. The molecule has 4 nitrogen and oxygen atoms in total. The lowest BCUT2D eigenvalue weighted by molar-refractivity contribution is 0.318. The van der Waals surface area contributed by atoms with E-state index in [1.165, 1.54) is 18.2 Å². The smallest absolute Gasteiger partial charge is 0.150 e. The Hall–Kier alpha value is -1.30. The molecule has 0 aliphatic heterocycles. The van der Waals surface area contributed by atoms with Crippen LogP contribution in [0.3, 0.4) is 0 Å². The zero-order valence-electron chi connectivity index (χ0n) is 9.65. The minimum atomic E-state index is -2.98. The van der Waals surface area contributed by atoms with E-state index in [9.17, 15) is 12.8 Å². The molecule has 0 fully saturated rings. The van der Waals surface area contributed by atoms with E-state index in [0.29, 0.717) is 12.1 Å². The molecular weight excluding hydrogens is 245 g/mol. The van der Waals surface area contributed by atoms with Crippen molar-refractivity contribution >= 4 is 15.5 Å². The Kier molecular flexibility index (Phi) is 4.74. The van der Waals surface area contributed by atoms with E-state index in [4.69, 9.17) is 10.5 Å². The Bertz CT molecular complexity index is 474. The van der Waals surface area contributed by atoms with Gasteiger partial charge >= 0.3 is 0 Å². The fourth-order valence-electron chi connectivity index (χ4n) is 1.24. The van der Waals surface area contributed by atoms with Crippen LogP contribution in [0.2, 0.25) is 0 Å². The first-order valence-corrected chi connectivity index (χ1v) is 7.15. The van der Waals surface area contributed by atoms with Gasteiger partial charge in [-0.1, -0.05) is 6.92 Å². The molecule has 0 unspecified atom stereocenters. The van der Waals surface area contributed by atoms with E-state index in [0.717, 1.165) is 0 Å². The molecule has 17 heavy (non-hydrogen) atoms. The van der Waals surface area contributed by atoms with E-state index in [2.05, 4.69) is 0 Å². The molecule has 0 atom stereocenters. The molecule has 0 aromatic heterocycles. The first-order chi connectivity index (χ1) is 7.94. The van der Waals surface area contributed by atoms with Crippen molar-refractivity contribution in [1.82, 2.24) is 0 Å². The zero-order chi connectivity index (χ0) is 12.9. The van der Waals surface area contributed by atoms with Crippen molar-refractivity contribution in [2.24, 2.45) is 0 Å². The third kappa shape index (κ3) is 4.60. The van der Waals surface area contributed by atoms with Gasteiger partial charge in [0, 0.05) is 11.8 Å². The maximum atomic E-state index is 12.9. The Balaban J connectivity index is 2.44. The molecule has 2 N–H and O–H groups in total. The van der Waals surface area contributed by atoms with Gasteiger partial charge < -0.3 is 10.5 Å². The van der Waals surface area contributed by atoms with Crippen molar-refractivity contribution in [3.8, 4) is 5.75 Å². The fraction of sp³-hybridized carbons (Fsp3) is 0.455. The third-order valence-electron chi connectivity index (χ3n) is 2.27. The Morgan fingerprint density at radius 2 is 2.12 bits per heavy atom. The van der Waals surface area contributed by atoms with Crippen LogP contribution in [0, 0.1) is 5.82 Å². The molecule has 0 heterocycles. The number of nitrogens with two attached hydrogens (primary N) is 1. The topological polar surface area (TPSA) is 69.4 Å². The molecule has 1 rings (SSSR count). The van der Waals surface area contributed by atoms with Crippen LogP contribution in [0.25, 0.3) is 0 Å². The molecule has 0 amide bonds. The van der Waals surface area contributed by atoms with Crippen LogP contribution >= 0.6 is 0 Å². The maximum Gasteiger partial charge on any atom is 0.150 e. The van der Waals surface area contributed by atoms with Crippen LogP contribution in [-0.2, 0) is 9.84 Å². The highest BCUT2D eigenvalue weighted by Gasteiger charge is 2.07. The minimum absolute atomic E-state index is 0.0682. The monoisotopic (exact) mass is 261 g/mol. The number of ether oxygens (including phenoxy) is 1. The summed E-state index contributed by atoms with van der Waals surface area (Å²) in [6, 6.07) is 3.83. The summed E-state index contributed by atoms with van der Waals surface area (Å²) in [5, 5.41) is 0. The van der Waals surface area contributed by atoms with Gasteiger partial charge in [0.2, 0.25) is 0 Å². The summed E-state index contributed by atoms with van der Waals surface area (Å²) in [5.41, 5.74) is 5.91. The lowest BCUT2D eigenvalue weighted by Crippen LogP contribution is -2.12. The molecule has 0 saturated carbocycles. The number of sulfone groups is 1. The maximum absolute atomic E-state index is 12.9. The average Bonchev–Trinajstić information content (AvgIpc) is 2.29. The lowest BCUT2D eigenvalue weighted by atomic mass is 10.3. The van der Waals surface area contributed by atoms with Gasteiger partial charge in [-0.15, -0.1) is 0 Å². The van der Waals surface area contributed by atoms with Crippen LogP contribution in [0.1, 0.15) is 13.3 Å². The number of nitrogen functional groups attached to an aromatic ring is 1. The molecule has 0 aliphatic carbocycles. The molecule has 96 valence electrons. The highest BCUT2D eigenvalue weighted by atomic mass is 32.2.